The number of nitrogens with zero attached hydrogens (tertiary/aromatic N) is 1. The van der Waals surface area contributed by atoms with Gasteiger partial charge in [0.15, 0.2) is 5.96 Å². The van der Waals surface area contributed by atoms with Gasteiger partial charge >= 0.3 is 0 Å². The molecule has 0 heterocycles. The first kappa shape index (κ1) is 15.5. The highest BCUT2D eigenvalue weighted by molar-refractivity contribution is 7.99. The predicted octanol–water partition coefficient (Wildman–Crippen LogP) is 3.29. The van der Waals surface area contributed by atoms with Gasteiger partial charge in [0.2, 0.25) is 0 Å². The van der Waals surface area contributed by atoms with Gasteiger partial charge in [-0.25, -0.2) is 0 Å². The molecule has 3 nitrogen and oxygen atoms in total. The Labute approximate surface area is 130 Å². The Balaban J connectivity index is 1.83. The lowest BCUT2D eigenvalue weighted by Crippen LogP contribution is -2.42. The monoisotopic (exact) mass is 311 g/mol. The summed E-state index contributed by atoms with van der Waals surface area (Å²) >= 11 is 8.12. The van der Waals surface area contributed by atoms with Crippen molar-refractivity contribution in [2.45, 2.75) is 37.1 Å². The number of rotatable bonds is 4. The summed E-state index contributed by atoms with van der Waals surface area (Å²) in [7, 11) is 1.81. The van der Waals surface area contributed by atoms with Crippen molar-refractivity contribution in [3.8, 4) is 0 Å². The van der Waals surface area contributed by atoms with Crippen LogP contribution in [-0.2, 0) is 6.54 Å². The molecular weight excluding hydrogens is 290 g/mol. The van der Waals surface area contributed by atoms with Crippen molar-refractivity contribution in [2.75, 3.05) is 13.3 Å². The lowest BCUT2D eigenvalue weighted by Gasteiger charge is -2.17. The molecule has 2 rings (SSSR count). The summed E-state index contributed by atoms with van der Waals surface area (Å²) in [6.07, 6.45) is 5.92. The molecule has 0 aromatic heterocycles. The Kier molecular flexibility index (Phi) is 6.05. The van der Waals surface area contributed by atoms with E-state index in [1.807, 2.05) is 43.1 Å². The standard InChI is InChI=1S/C15H22ClN3S/c1-17-15(19-12-7-8-13(9-12)20-2)18-10-11-5-3-4-6-14(11)16/h3-6,12-13H,7-10H2,1-2H3,(H2,17,18,19). The fourth-order valence-corrected chi connectivity index (χ4v) is 3.49. The van der Waals surface area contributed by atoms with Gasteiger partial charge in [0.25, 0.3) is 0 Å². The van der Waals surface area contributed by atoms with E-state index in [0.29, 0.717) is 12.6 Å². The number of nitrogens with one attached hydrogen (secondary N) is 2. The molecule has 0 aliphatic heterocycles. The van der Waals surface area contributed by atoms with Crippen LogP contribution in [0.2, 0.25) is 5.02 Å². The van der Waals surface area contributed by atoms with E-state index in [-0.39, 0.29) is 0 Å². The van der Waals surface area contributed by atoms with Crippen molar-refractivity contribution in [1.29, 1.82) is 0 Å². The minimum Gasteiger partial charge on any atom is -0.354 e. The number of hydrogen-bond donors (Lipinski definition) is 2. The molecule has 0 spiro atoms. The SMILES string of the molecule is CN=C(NCc1ccccc1Cl)NC1CCC(SC)C1. The lowest BCUT2D eigenvalue weighted by atomic mass is 10.2. The molecule has 110 valence electrons. The second kappa shape index (κ2) is 7.79. The molecule has 0 radical (unpaired) electrons. The number of thioether (sulfide) groups is 1. The van der Waals surface area contributed by atoms with Crippen LogP contribution < -0.4 is 10.6 Å². The van der Waals surface area contributed by atoms with E-state index < -0.39 is 0 Å². The number of guanidine groups is 1. The summed E-state index contributed by atoms with van der Waals surface area (Å²) in [6, 6.07) is 8.42. The van der Waals surface area contributed by atoms with Crippen LogP contribution in [0, 0.1) is 0 Å². The zero-order chi connectivity index (χ0) is 14.4. The zero-order valence-corrected chi connectivity index (χ0v) is 13.6. The van der Waals surface area contributed by atoms with Crippen molar-refractivity contribution < 1.29 is 0 Å². The Bertz CT molecular complexity index is 464. The van der Waals surface area contributed by atoms with Gasteiger partial charge in [-0.1, -0.05) is 29.8 Å². The second-order valence-electron chi connectivity index (χ2n) is 5.03. The highest BCUT2D eigenvalue weighted by atomic mass is 35.5. The maximum atomic E-state index is 6.16. The summed E-state index contributed by atoms with van der Waals surface area (Å²) in [5.74, 6) is 0.858. The predicted molar refractivity (Wildman–Crippen MR) is 89.7 cm³/mol. The quantitative estimate of drug-likeness (QED) is 0.662. The molecule has 1 aromatic rings. The first-order chi connectivity index (χ1) is 9.72. The third-order valence-corrected chi connectivity index (χ3v) is 5.15. The minimum atomic E-state index is 0.532. The Morgan fingerprint density at radius 1 is 1.40 bits per heavy atom. The van der Waals surface area contributed by atoms with Crippen LogP contribution >= 0.6 is 23.4 Å². The Morgan fingerprint density at radius 3 is 2.85 bits per heavy atom. The summed E-state index contributed by atoms with van der Waals surface area (Å²) in [5.41, 5.74) is 1.09. The smallest absolute Gasteiger partial charge is 0.191 e. The van der Waals surface area contributed by atoms with E-state index in [0.717, 1.165) is 21.8 Å². The molecule has 0 bridgehead atoms. The molecule has 2 unspecified atom stereocenters. The van der Waals surface area contributed by atoms with Crippen molar-refractivity contribution >= 4 is 29.3 Å². The molecule has 2 atom stereocenters. The van der Waals surface area contributed by atoms with E-state index in [2.05, 4.69) is 21.9 Å². The fraction of sp³-hybridized carbons (Fsp3) is 0.533. The van der Waals surface area contributed by atoms with Gasteiger partial charge in [0.05, 0.1) is 0 Å². The number of aliphatic imine (C=N–C) groups is 1. The Morgan fingerprint density at radius 2 is 2.20 bits per heavy atom. The minimum absolute atomic E-state index is 0.532. The van der Waals surface area contributed by atoms with Crippen LogP contribution in [0.25, 0.3) is 0 Å². The lowest BCUT2D eigenvalue weighted by molar-refractivity contribution is 0.614. The van der Waals surface area contributed by atoms with Gasteiger partial charge in [0, 0.05) is 29.9 Å². The Hall–Kier alpha value is -0.870. The maximum absolute atomic E-state index is 6.16. The van der Waals surface area contributed by atoms with Gasteiger partial charge in [-0.2, -0.15) is 11.8 Å². The summed E-state index contributed by atoms with van der Waals surface area (Å²) < 4.78 is 0. The molecule has 0 saturated heterocycles. The van der Waals surface area contributed by atoms with Gasteiger partial charge < -0.3 is 10.6 Å². The van der Waals surface area contributed by atoms with Gasteiger partial charge in [0.1, 0.15) is 0 Å². The molecule has 1 fully saturated rings. The normalized spacial score (nSPS) is 22.9. The molecule has 0 amide bonds. The van der Waals surface area contributed by atoms with Crippen LogP contribution in [0.3, 0.4) is 0 Å². The average Bonchev–Trinajstić information content (AvgIpc) is 2.92. The topological polar surface area (TPSA) is 36.4 Å². The van der Waals surface area contributed by atoms with Crippen LogP contribution in [0.1, 0.15) is 24.8 Å². The molecule has 20 heavy (non-hydrogen) atoms. The van der Waals surface area contributed by atoms with E-state index in [1.54, 1.807) is 0 Å². The summed E-state index contributed by atoms with van der Waals surface area (Å²) in [6.45, 7) is 0.692. The molecule has 1 aromatic carbocycles. The van der Waals surface area contributed by atoms with Crippen LogP contribution in [0.5, 0.6) is 0 Å². The molecule has 1 aliphatic carbocycles. The fourth-order valence-electron chi connectivity index (χ4n) is 2.49. The van der Waals surface area contributed by atoms with Crippen LogP contribution in [0.4, 0.5) is 0 Å². The van der Waals surface area contributed by atoms with Gasteiger partial charge in [-0.3, -0.25) is 4.99 Å². The van der Waals surface area contributed by atoms with Gasteiger partial charge in [-0.05, 0) is 37.1 Å². The summed E-state index contributed by atoms with van der Waals surface area (Å²) in [5, 5.41) is 8.41. The molecule has 2 N–H and O–H groups in total. The highest BCUT2D eigenvalue weighted by Crippen LogP contribution is 2.28. The molecule has 1 saturated carbocycles. The third kappa shape index (κ3) is 4.32. The highest BCUT2D eigenvalue weighted by Gasteiger charge is 2.24. The first-order valence-corrected chi connectivity index (χ1v) is 8.63. The van der Waals surface area contributed by atoms with Crippen molar-refractivity contribution in [3.05, 3.63) is 34.9 Å². The number of benzene rings is 1. The largest absolute Gasteiger partial charge is 0.354 e. The molecule has 5 heteroatoms. The maximum Gasteiger partial charge on any atom is 0.191 e. The van der Waals surface area contributed by atoms with Crippen LogP contribution in [-0.4, -0.2) is 30.6 Å². The number of halogens is 1. The van der Waals surface area contributed by atoms with E-state index in [1.165, 1.54) is 19.3 Å². The third-order valence-electron chi connectivity index (χ3n) is 3.69. The zero-order valence-electron chi connectivity index (χ0n) is 12.0. The van der Waals surface area contributed by atoms with E-state index >= 15 is 0 Å². The van der Waals surface area contributed by atoms with Gasteiger partial charge in [-0.15, -0.1) is 0 Å². The van der Waals surface area contributed by atoms with Crippen molar-refractivity contribution in [2.24, 2.45) is 4.99 Å². The summed E-state index contributed by atoms with van der Waals surface area (Å²) in [4.78, 5) is 4.29. The average molecular weight is 312 g/mol. The first-order valence-electron chi connectivity index (χ1n) is 6.96. The van der Waals surface area contributed by atoms with E-state index in [4.69, 9.17) is 11.6 Å². The van der Waals surface area contributed by atoms with Crippen molar-refractivity contribution in [1.82, 2.24) is 10.6 Å². The van der Waals surface area contributed by atoms with Crippen LogP contribution in [0.15, 0.2) is 29.3 Å². The number of hydrogen-bond acceptors (Lipinski definition) is 2. The van der Waals surface area contributed by atoms with Crippen molar-refractivity contribution in [3.63, 3.8) is 0 Å². The second-order valence-corrected chi connectivity index (χ2v) is 6.57. The molecular formula is C15H22ClN3S. The van der Waals surface area contributed by atoms with E-state index in [9.17, 15) is 0 Å². The molecule has 1 aliphatic rings.